The number of H-pyrrole nitrogens is 1. The van der Waals surface area contributed by atoms with E-state index in [2.05, 4.69) is 54.7 Å². The van der Waals surface area contributed by atoms with Crippen molar-refractivity contribution in [2.45, 2.75) is 12.8 Å². The first-order valence-electron chi connectivity index (χ1n) is 8.56. The van der Waals surface area contributed by atoms with Crippen LogP contribution in [-0.2, 0) is 12.8 Å². The topological polar surface area (TPSA) is 92.3 Å². The van der Waals surface area contributed by atoms with Gasteiger partial charge in [0, 0.05) is 11.8 Å². The van der Waals surface area contributed by atoms with Crippen LogP contribution in [0.5, 0.6) is 0 Å². The van der Waals surface area contributed by atoms with Crippen molar-refractivity contribution in [2.24, 2.45) is 0 Å². The maximum atomic E-state index is 4.76. The number of hydrogen-bond acceptors (Lipinski definition) is 7. The van der Waals surface area contributed by atoms with E-state index in [0.29, 0.717) is 11.6 Å². The van der Waals surface area contributed by atoms with Gasteiger partial charge in [0.1, 0.15) is 22.5 Å². The first-order chi connectivity index (χ1) is 13.3. The van der Waals surface area contributed by atoms with Gasteiger partial charge in [-0.1, -0.05) is 41.7 Å². The Bertz CT molecular complexity index is 1210. The molecule has 132 valence electrons. The molecule has 0 fully saturated rings. The molecule has 1 aromatic carbocycles. The lowest BCUT2D eigenvalue weighted by Gasteiger charge is -2.04. The molecule has 0 aliphatic carbocycles. The van der Waals surface area contributed by atoms with Gasteiger partial charge in [0.15, 0.2) is 5.82 Å². The molecule has 2 N–H and O–H groups in total. The summed E-state index contributed by atoms with van der Waals surface area (Å²) in [4.78, 5) is 18.8. The van der Waals surface area contributed by atoms with Gasteiger partial charge in [-0.2, -0.15) is 5.10 Å². The van der Waals surface area contributed by atoms with Crippen molar-refractivity contribution < 1.29 is 0 Å². The van der Waals surface area contributed by atoms with Crippen LogP contribution in [-0.4, -0.2) is 30.1 Å². The fourth-order valence-electron chi connectivity index (χ4n) is 2.92. The third-order valence-electron chi connectivity index (χ3n) is 4.28. The molecule has 0 saturated carbocycles. The molecule has 4 aromatic heterocycles. The molecule has 5 rings (SSSR count). The van der Waals surface area contributed by atoms with E-state index in [9.17, 15) is 0 Å². The molecule has 4 heterocycles. The fourth-order valence-corrected chi connectivity index (χ4v) is 3.83. The van der Waals surface area contributed by atoms with Gasteiger partial charge in [0.25, 0.3) is 0 Å². The zero-order chi connectivity index (χ0) is 18.1. The van der Waals surface area contributed by atoms with Crippen LogP contribution in [0.3, 0.4) is 0 Å². The van der Waals surface area contributed by atoms with Gasteiger partial charge >= 0.3 is 0 Å². The number of aromatic nitrogens is 6. The Labute approximate surface area is 158 Å². The van der Waals surface area contributed by atoms with Gasteiger partial charge in [-0.15, -0.1) is 0 Å². The van der Waals surface area contributed by atoms with Gasteiger partial charge in [0.05, 0.1) is 22.9 Å². The Morgan fingerprint density at radius 3 is 2.85 bits per heavy atom. The lowest BCUT2D eigenvalue weighted by Crippen LogP contribution is -1.97. The van der Waals surface area contributed by atoms with E-state index in [1.54, 1.807) is 30.1 Å². The summed E-state index contributed by atoms with van der Waals surface area (Å²) in [6.45, 7) is 0. The lowest BCUT2D eigenvalue weighted by atomic mass is 10.1. The highest BCUT2D eigenvalue weighted by Crippen LogP contribution is 2.27. The number of anilines is 2. The maximum Gasteiger partial charge on any atom is 0.162 e. The SMILES string of the molecule is c1ccc(CCc2nc3c(Nc4cc5cn[nH]c5cn4)ncnc3s2)cc1. The summed E-state index contributed by atoms with van der Waals surface area (Å²) >= 11 is 1.61. The van der Waals surface area contributed by atoms with Crippen LogP contribution in [0.1, 0.15) is 10.6 Å². The normalized spacial score (nSPS) is 11.3. The van der Waals surface area contributed by atoms with E-state index < -0.39 is 0 Å². The van der Waals surface area contributed by atoms with Crippen molar-refractivity contribution in [3.8, 4) is 0 Å². The van der Waals surface area contributed by atoms with Crippen molar-refractivity contribution in [1.82, 2.24) is 30.1 Å². The maximum absolute atomic E-state index is 4.76. The quantitative estimate of drug-likeness (QED) is 0.486. The third kappa shape index (κ3) is 3.22. The molecular formula is C19H15N7S. The van der Waals surface area contributed by atoms with Gasteiger partial charge in [-0.3, -0.25) is 5.10 Å². The molecule has 0 amide bonds. The van der Waals surface area contributed by atoms with Crippen molar-refractivity contribution in [2.75, 3.05) is 5.32 Å². The van der Waals surface area contributed by atoms with Gasteiger partial charge < -0.3 is 5.32 Å². The highest BCUT2D eigenvalue weighted by molar-refractivity contribution is 7.18. The highest BCUT2D eigenvalue weighted by atomic mass is 32.1. The molecule has 0 aliphatic rings. The minimum absolute atomic E-state index is 0.664. The monoisotopic (exact) mass is 373 g/mol. The van der Waals surface area contributed by atoms with Gasteiger partial charge in [-0.25, -0.2) is 19.9 Å². The van der Waals surface area contributed by atoms with Crippen LogP contribution in [0.25, 0.3) is 21.3 Å². The Morgan fingerprint density at radius 2 is 1.93 bits per heavy atom. The molecule has 7 nitrogen and oxygen atoms in total. The summed E-state index contributed by atoms with van der Waals surface area (Å²) in [6, 6.07) is 12.4. The number of thiazole rings is 1. The Kier molecular flexibility index (Phi) is 3.95. The fraction of sp³-hybridized carbons (Fsp3) is 0.105. The molecule has 0 bridgehead atoms. The van der Waals surface area contributed by atoms with E-state index in [0.717, 1.165) is 39.1 Å². The van der Waals surface area contributed by atoms with Gasteiger partial charge in [0.2, 0.25) is 0 Å². The molecule has 0 aliphatic heterocycles. The number of nitrogens with zero attached hydrogens (tertiary/aromatic N) is 5. The predicted molar refractivity (Wildman–Crippen MR) is 106 cm³/mol. The summed E-state index contributed by atoms with van der Waals surface area (Å²) in [5, 5.41) is 12.2. The number of aromatic amines is 1. The van der Waals surface area contributed by atoms with E-state index in [4.69, 9.17) is 4.98 Å². The zero-order valence-electron chi connectivity index (χ0n) is 14.3. The van der Waals surface area contributed by atoms with Crippen molar-refractivity contribution in [3.05, 3.63) is 65.7 Å². The molecule has 0 spiro atoms. The Hall–Kier alpha value is -3.39. The Morgan fingerprint density at radius 1 is 1.00 bits per heavy atom. The number of rotatable bonds is 5. The average Bonchev–Trinajstić information content (AvgIpc) is 3.34. The second-order valence-corrected chi connectivity index (χ2v) is 7.18. The zero-order valence-corrected chi connectivity index (χ0v) is 15.1. The summed E-state index contributed by atoms with van der Waals surface area (Å²) in [5.41, 5.74) is 2.98. The van der Waals surface area contributed by atoms with Crippen LogP contribution >= 0.6 is 11.3 Å². The summed E-state index contributed by atoms with van der Waals surface area (Å²) in [5.74, 6) is 1.36. The number of fused-ring (bicyclic) bond motifs is 2. The molecule has 5 aromatic rings. The first kappa shape index (κ1) is 15.8. The van der Waals surface area contributed by atoms with Crippen molar-refractivity contribution >= 4 is 44.2 Å². The number of nitrogens with one attached hydrogen (secondary N) is 2. The van der Waals surface area contributed by atoms with E-state index in [1.165, 1.54) is 5.56 Å². The first-order valence-corrected chi connectivity index (χ1v) is 9.37. The Balaban J connectivity index is 1.41. The van der Waals surface area contributed by atoms with Crippen LogP contribution in [0.2, 0.25) is 0 Å². The molecular weight excluding hydrogens is 358 g/mol. The van der Waals surface area contributed by atoms with E-state index in [1.807, 2.05) is 12.1 Å². The van der Waals surface area contributed by atoms with Crippen LogP contribution in [0.4, 0.5) is 11.6 Å². The van der Waals surface area contributed by atoms with Gasteiger partial charge in [-0.05, 0) is 18.1 Å². The standard InChI is InChI=1S/C19H15N7S/c1-2-4-12(5-3-1)6-7-16-25-17-18(21-11-22-19(17)27-16)24-15-8-13-9-23-26-14(13)10-20-15/h1-5,8-11H,6-7H2,(H,23,26)(H,20,21,22,24). The molecule has 0 atom stereocenters. The number of pyridine rings is 1. The van der Waals surface area contributed by atoms with Crippen molar-refractivity contribution in [1.29, 1.82) is 0 Å². The number of hydrogen-bond donors (Lipinski definition) is 2. The second kappa shape index (κ2) is 6.73. The highest BCUT2D eigenvalue weighted by Gasteiger charge is 2.12. The number of benzene rings is 1. The lowest BCUT2D eigenvalue weighted by molar-refractivity contribution is 0.948. The molecule has 8 heteroatoms. The average molecular weight is 373 g/mol. The third-order valence-corrected chi connectivity index (χ3v) is 5.30. The summed E-state index contributed by atoms with van der Waals surface area (Å²) in [7, 11) is 0. The van der Waals surface area contributed by atoms with Crippen LogP contribution in [0.15, 0.2) is 55.1 Å². The largest absolute Gasteiger partial charge is 0.323 e. The molecule has 0 unspecified atom stereocenters. The predicted octanol–water partition coefficient (Wildman–Crippen LogP) is 3.89. The minimum atomic E-state index is 0.664. The van der Waals surface area contributed by atoms with Crippen LogP contribution in [0, 0.1) is 0 Å². The van der Waals surface area contributed by atoms with Crippen LogP contribution < -0.4 is 5.32 Å². The number of aryl methyl sites for hydroxylation is 2. The summed E-state index contributed by atoms with van der Waals surface area (Å²) < 4.78 is 0. The van der Waals surface area contributed by atoms with Crippen molar-refractivity contribution in [3.63, 3.8) is 0 Å². The molecule has 0 saturated heterocycles. The molecule has 27 heavy (non-hydrogen) atoms. The van der Waals surface area contributed by atoms with E-state index >= 15 is 0 Å². The smallest absolute Gasteiger partial charge is 0.162 e. The van der Waals surface area contributed by atoms with E-state index in [-0.39, 0.29) is 0 Å². The molecule has 0 radical (unpaired) electrons. The minimum Gasteiger partial charge on any atom is -0.323 e. The second-order valence-electron chi connectivity index (χ2n) is 6.12. The summed E-state index contributed by atoms with van der Waals surface area (Å²) in [6.07, 6.45) is 6.90.